The van der Waals surface area contributed by atoms with E-state index in [1.165, 1.54) is 12.1 Å². The summed E-state index contributed by atoms with van der Waals surface area (Å²) in [5.74, 6) is 0. The second-order valence-corrected chi connectivity index (χ2v) is 15.4. The topological polar surface area (TPSA) is 43.4 Å². The average Bonchev–Trinajstić information content (AvgIpc) is 2.60. The van der Waals surface area contributed by atoms with Crippen LogP contribution in [0.4, 0.5) is 0 Å². The highest BCUT2D eigenvalue weighted by Gasteiger charge is 2.40. The molecular formula is C23H34O3SSi. The Bertz CT molecular complexity index is 787. The molecule has 5 heteroatoms. The monoisotopic (exact) mass is 418 g/mol. The largest absolute Gasteiger partial charge is 0.410 e. The standard InChI is InChI=1S/C23H34O3SSi/c1-9-10-12-15-19(2)22(26-28(7,8)23(4,5)6)18-20(3)27(24,25)21-16-13-11-14-17-21/h9,11,13-14,16-17,22H,1-2,10,12,15,18H2,4-8H3. The molecule has 1 aromatic carbocycles. The zero-order valence-electron chi connectivity index (χ0n) is 17.9. The first-order chi connectivity index (χ1) is 12.8. The van der Waals surface area contributed by atoms with Gasteiger partial charge in [0.25, 0.3) is 0 Å². The Morgan fingerprint density at radius 1 is 1.25 bits per heavy atom. The minimum atomic E-state index is -3.82. The summed E-state index contributed by atoms with van der Waals surface area (Å²) < 4.78 is 32.1. The molecule has 0 bridgehead atoms. The minimum Gasteiger partial charge on any atom is -0.410 e. The molecule has 3 nitrogen and oxygen atoms in total. The van der Waals surface area contributed by atoms with Crippen molar-refractivity contribution < 1.29 is 12.8 Å². The van der Waals surface area contributed by atoms with Gasteiger partial charge in [-0.3, -0.25) is 0 Å². The van der Waals surface area contributed by atoms with E-state index in [0.29, 0.717) is 0 Å². The maximum Gasteiger partial charge on any atom is 0.203 e. The van der Waals surface area contributed by atoms with Gasteiger partial charge in [-0.15, -0.1) is 6.58 Å². The van der Waals surface area contributed by atoms with Gasteiger partial charge in [-0.05, 0) is 55.1 Å². The fourth-order valence-electron chi connectivity index (χ4n) is 2.46. The molecule has 0 N–H and O–H groups in total. The van der Waals surface area contributed by atoms with Crippen molar-refractivity contribution in [3.8, 4) is 0 Å². The number of hydrogen-bond donors (Lipinski definition) is 0. The van der Waals surface area contributed by atoms with Gasteiger partial charge in [0.2, 0.25) is 9.84 Å². The highest BCUT2D eigenvalue weighted by molar-refractivity contribution is 7.95. The van der Waals surface area contributed by atoms with Crippen LogP contribution in [0.25, 0.3) is 0 Å². The summed E-state index contributed by atoms with van der Waals surface area (Å²) in [4.78, 5) is -0.185. The normalized spacial score (nSPS) is 13.8. The van der Waals surface area contributed by atoms with Crippen molar-refractivity contribution in [2.75, 3.05) is 0 Å². The first-order valence-corrected chi connectivity index (χ1v) is 14.1. The van der Waals surface area contributed by atoms with Crippen molar-refractivity contribution in [1.82, 2.24) is 0 Å². The molecule has 0 aliphatic carbocycles. The van der Waals surface area contributed by atoms with Crippen LogP contribution in [0.15, 0.2) is 64.9 Å². The molecule has 1 aromatic rings. The van der Waals surface area contributed by atoms with Crippen molar-refractivity contribution in [2.45, 2.75) is 75.6 Å². The predicted octanol–water partition coefficient (Wildman–Crippen LogP) is 6.35. The van der Waals surface area contributed by atoms with E-state index in [1.807, 2.05) is 6.08 Å². The Kier molecular flexibility index (Phi) is 8.66. The van der Waals surface area contributed by atoms with E-state index in [2.05, 4.69) is 47.0 Å². The predicted molar refractivity (Wildman–Crippen MR) is 120 cm³/mol. The van der Waals surface area contributed by atoms with Crippen molar-refractivity contribution in [3.05, 3.63) is 66.6 Å². The van der Waals surface area contributed by atoms with Gasteiger partial charge in [0.1, 0.15) is 0 Å². The Morgan fingerprint density at radius 3 is 2.32 bits per heavy atom. The van der Waals surface area contributed by atoms with Crippen LogP contribution in [0.3, 0.4) is 0 Å². The van der Waals surface area contributed by atoms with Gasteiger partial charge in [-0.25, -0.2) is 8.42 Å². The minimum absolute atomic E-state index is 0.0106. The molecule has 1 unspecified atom stereocenters. The van der Waals surface area contributed by atoms with E-state index in [1.54, 1.807) is 18.2 Å². The molecule has 0 spiro atoms. The van der Waals surface area contributed by atoms with Crippen molar-refractivity contribution in [2.24, 2.45) is 0 Å². The lowest BCUT2D eigenvalue weighted by Gasteiger charge is -2.40. The van der Waals surface area contributed by atoms with Crippen LogP contribution < -0.4 is 0 Å². The summed E-state index contributed by atoms with van der Waals surface area (Å²) in [6.07, 6.45) is 3.88. The van der Waals surface area contributed by atoms with Gasteiger partial charge in [-0.2, -0.15) is 0 Å². The molecular weight excluding hydrogens is 384 g/mol. The Morgan fingerprint density at radius 2 is 1.82 bits per heavy atom. The van der Waals surface area contributed by atoms with E-state index in [0.717, 1.165) is 24.8 Å². The number of sulfone groups is 1. The third kappa shape index (κ3) is 6.57. The molecule has 0 aliphatic rings. The van der Waals surface area contributed by atoms with E-state index in [-0.39, 0.29) is 21.3 Å². The average molecular weight is 419 g/mol. The number of benzene rings is 1. The SMILES string of the molecule is [C]=C(CC(O[Si](C)(C)C(C)(C)C)C(=C)CCCC=C)S(=O)(=O)c1ccccc1. The summed E-state index contributed by atoms with van der Waals surface area (Å²) in [5, 5.41) is -0.0207. The third-order valence-corrected chi connectivity index (χ3v) is 11.5. The maximum atomic E-state index is 12.8. The highest BCUT2D eigenvalue weighted by Crippen LogP contribution is 2.39. The zero-order chi connectivity index (χ0) is 21.6. The lowest BCUT2D eigenvalue weighted by Crippen LogP contribution is -2.44. The van der Waals surface area contributed by atoms with Gasteiger partial charge in [0, 0.05) is 13.0 Å². The Balaban J connectivity index is 3.09. The molecule has 0 aromatic heterocycles. The number of allylic oxidation sites excluding steroid dienone is 1. The summed E-state index contributed by atoms with van der Waals surface area (Å²) >= 11 is 0. The van der Waals surface area contributed by atoms with Crippen LogP contribution in [-0.2, 0) is 14.3 Å². The summed E-state index contributed by atoms with van der Waals surface area (Å²) in [7, 11) is -5.98. The molecule has 0 saturated heterocycles. The highest BCUT2D eigenvalue weighted by atomic mass is 32.2. The van der Waals surface area contributed by atoms with Crippen LogP contribution in [0.5, 0.6) is 0 Å². The van der Waals surface area contributed by atoms with Crippen LogP contribution in [-0.4, -0.2) is 22.8 Å². The van der Waals surface area contributed by atoms with Gasteiger partial charge < -0.3 is 4.43 Å². The molecule has 0 saturated carbocycles. The third-order valence-electron chi connectivity index (χ3n) is 5.35. The lowest BCUT2D eigenvalue weighted by molar-refractivity contribution is 0.211. The number of unbranched alkanes of at least 4 members (excludes halogenated alkanes) is 1. The molecule has 0 fully saturated rings. The Labute approximate surface area is 173 Å². The summed E-state index contributed by atoms with van der Waals surface area (Å²) in [6, 6.07) is 8.13. The van der Waals surface area contributed by atoms with Gasteiger partial charge in [0.05, 0.1) is 15.9 Å². The van der Waals surface area contributed by atoms with Gasteiger partial charge in [-0.1, -0.05) is 51.6 Å². The fraction of sp³-hybridized carbons (Fsp3) is 0.478. The smallest absolute Gasteiger partial charge is 0.203 e. The van der Waals surface area contributed by atoms with Crippen LogP contribution in [0.1, 0.15) is 46.5 Å². The summed E-state index contributed by atoms with van der Waals surface area (Å²) in [6.45, 7) is 26.9. The second kappa shape index (κ2) is 9.86. The molecule has 1 atom stereocenters. The molecule has 154 valence electrons. The van der Waals surface area contributed by atoms with Crippen molar-refractivity contribution in [1.29, 1.82) is 0 Å². The van der Waals surface area contributed by atoms with Crippen LogP contribution in [0, 0.1) is 6.58 Å². The lowest BCUT2D eigenvalue weighted by atomic mass is 10.0. The van der Waals surface area contributed by atoms with E-state index in [4.69, 9.17) is 11.0 Å². The van der Waals surface area contributed by atoms with Crippen molar-refractivity contribution >= 4 is 18.2 Å². The second-order valence-electron chi connectivity index (χ2n) is 8.65. The molecule has 0 aliphatic heterocycles. The molecule has 28 heavy (non-hydrogen) atoms. The van der Waals surface area contributed by atoms with Crippen LogP contribution in [0.2, 0.25) is 18.1 Å². The zero-order valence-corrected chi connectivity index (χ0v) is 19.7. The van der Waals surface area contributed by atoms with Crippen LogP contribution >= 0.6 is 0 Å². The summed E-state index contributed by atoms with van der Waals surface area (Å²) in [5.41, 5.74) is 0.847. The molecule has 0 heterocycles. The van der Waals surface area contributed by atoms with E-state index in [9.17, 15) is 8.42 Å². The van der Waals surface area contributed by atoms with Gasteiger partial charge >= 0.3 is 0 Å². The molecule has 1 rings (SSSR count). The Hall–Kier alpha value is -1.43. The van der Waals surface area contributed by atoms with E-state index < -0.39 is 24.3 Å². The van der Waals surface area contributed by atoms with Gasteiger partial charge in [0.15, 0.2) is 8.32 Å². The number of rotatable bonds is 11. The fourth-order valence-corrected chi connectivity index (χ4v) is 4.94. The first kappa shape index (κ1) is 24.6. The first-order valence-electron chi connectivity index (χ1n) is 9.67. The maximum absolute atomic E-state index is 12.8. The number of hydrogen-bond acceptors (Lipinski definition) is 3. The molecule has 2 radical (unpaired) electrons. The molecule has 0 amide bonds. The quantitative estimate of drug-likeness (QED) is 0.239. The van der Waals surface area contributed by atoms with Crippen molar-refractivity contribution in [3.63, 3.8) is 0 Å². The van der Waals surface area contributed by atoms with E-state index >= 15 is 0 Å².